The number of carbonyl (C=O) groups excluding carboxylic acids is 1. The Balaban J connectivity index is 1.59. The van der Waals surface area contributed by atoms with Gasteiger partial charge in [-0.2, -0.15) is 0 Å². The minimum atomic E-state index is -0.221. The Labute approximate surface area is 148 Å². The van der Waals surface area contributed by atoms with Crippen molar-refractivity contribution in [3.05, 3.63) is 53.2 Å². The topological polar surface area (TPSA) is 76.4 Å². The summed E-state index contributed by atoms with van der Waals surface area (Å²) in [7, 11) is 0. The lowest BCUT2D eigenvalue weighted by atomic mass is 9.94. The molecule has 6 heteroatoms. The molecule has 2 atom stereocenters. The van der Waals surface area contributed by atoms with Crippen LogP contribution in [-0.2, 0) is 11.3 Å². The van der Waals surface area contributed by atoms with Gasteiger partial charge in [-0.3, -0.25) is 0 Å². The molecule has 1 aliphatic rings. The van der Waals surface area contributed by atoms with Gasteiger partial charge >= 0.3 is 6.03 Å². The molecule has 1 saturated heterocycles. The summed E-state index contributed by atoms with van der Waals surface area (Å²) in [6.07, 6.45) is 1.91. The fraction of sp³-hybridized carbons (Fsp3) is 0.474. The molecule has 134 valence electrons. The molecule has 0 radical (unpaired) electrons. The maximum atomic E-state index is 12.3. The third kappa shape index (κ3) is 4.82. The van der Waals surface area contributed by atoms with Crippen LogP contribution in [0.5, 0.6) is 0 Å². The molecule has 3 rings (SSSR count). The molecular weight excluding hydrogens is 318 g/mol. The number of urea groups is 1. The molecule has 0 spiro atoms. The van der Waals surface area contributed by atoms with Gasteiger partial charge in [-0.25, -0.2) is 9.78 Å². The standard InChI is InChI=1S/C19H25N3O3/c1-13-14(2)25-18(21-13)11-20-19(23)22-17(10-15-8-9-24-12-15)16-6-4-3-5-7-16/h3-7,15,17H,8-12H2,1-2H3,(H2,20,22,23)/t15-,17-/m1/s1. The number of nitrogens with zero attached hydrogens (tertiary/aromatic N) is 1. The van der Waals surface area contributed by atoms with Gasteiger partial charge in [0.05, 0.1) is 18.3 Å². The minimum absolute atomic E-state index is 0.0408. The quantitative estimate of drug-likeness (QED) is 0.844. The van der Waals surface area contributed by atoms with Gasteiger partial charge in [0, 0.05) is 13.2 Å². The van der Waals surface area contributed by atoms with E-state index in [0.29, 0.717) is 11.8 Å². The van der Waals surface area contributed by atoms with Crippen LogP contribution in [0.2, 0.25) is 0 Å². The first-order valence-corrected chi connectivity index (χ1v) is 8.72. The van der Waals surface area contributed by atoms with Crippen molar-refractivity contribution in [1.29, 1.82) is 0 Å². The average molecular weight is 343 g/mol. The van der Waals surface area contributed by atoms with Crippen LogP contribution in [0.25, 0.3) is 0 Å². The predicted molar refractivity (Wildman–Crippen MR) is 94.1 cm³/mol. The van der Waals surface area contributed by atoms with Crippen LogP contribution in [0.15, 0.2) is 34.7 Å². The number of benzene rings is 1. The number of amides is 2. The summed E-state index contributed by atoms with van der Waals surface area (Å²) < 4.78 is 11.0. The van der Waals surface area contributed by atoms with Gasteiger partial charge in [-0.1, -0.05) is 30.3 Å². The number of nitrogens with one attached hydrogen (secondary N) is 2. The van der Waals surface area contributed by atoms with E-state index in [1.165, 1.54) is 0 Å². The monoisotopic (exact) mass is 343 g/mol. The van der Waals surface area contributed by atoms with E-state index in [4.69, 9.17) is 9.15 Å². The third-order valence-corrected chi connectivity index (χ3v) is 4.57. The Morgan fingerprint density at radius 1 is 1.32 bits per heavy atom. The molecule has 2 N–H and O–H groups in total. The molecule has 0 aliphatic carbocycles. The van der Waals surface area contributed by atoms with Crippen LogP contribution in [0.4, 0.5) is 4.79 Å². The van der Waals surface area contributed by atoms with Crippen molar-refractivity contribution in [2.24, 2.45) is 5.92 Å². The first kappa shape index (κ1) is 17.5. The Morgan fingerprint density at radius 2 is 2.12 bits per heavy atom. The number of aryl methyl sites for hydroxylation is 2. The highest BCUT2D eigenvalue weighted by Crippen LogP contribution is 2.26. The minimum Gasteiger partial charge on any atom is -0.444 e. The Bertz CT molecular complexity index is 674. The molecule has 1 aromatic carbocycles. The van der Waals surface area contributed by atoms with Crippen molar-refractivity contribution < 1.29 is 13.9 Å². The number of carbonyl (C=O) groups is 1. The Kier molecular flexibility index (Phi) is 5.71. The number of aromatic nitrogens is 1. The summed E-state index contributed by atoms with van der Waals surface area (Å²) in [4.78, 5) is 16.6. The number of oxazole rings is 1. The molecule has 1 fully saturated rings. The molecule has 2 amide bonds. The first-order chi connectivity index (χ1) is 12.1. The van der Waals surface area contributed by atoms with Crippen LogP contribution in [-0.4, -0.2) is 24.2 Å². The number of ether oxygens (including phenoxy) is 1. The zero-order valence-electron chi connectivity index (χ0n) is 14.7. The van der Waals surface area contributed by atoms with Crippen molar-refractivity contribution in [2.75, 3.05) is 13.2 Å². The van der Waals surface area contributed by atoms with Gasteiger partial charge in [-0.05, 0) is 38.2 Å². The summed E-state index contributed by atoms with van der Waals surface area (Å²) in [6, 6.07) is 9.79. The summed E-state index contributed by atoms with van der Waals surface area (Å²) in [5.74, 6) is 1.77. The van der Waals surface area contributed by atoms with Gasteiger partial charge in [0.25, 0.3) is 0 Å². The molecule has 2 aromatic rings. The maximum absolute atomic E-state index is 12.3. The van der Waals surface area contributed by atoms with Crippen molar-refractivity contribution >= 4 is 6.03 Å². The summed E-state index contributed by atoms with van der Waals surface area (Å²) >= 11 is 0. The second-order valence-electron chi connectivity index (χ2n) is 6.50. The van der Waals surface area contributed by atoms with E-state index in [9.17, 15) is 4.79 Å². The molecule has 0 saturated carbocycles. The van der Waals surface area contributed by atoms with Crippen LogP contribution < -0.4 is 10.6 Å². The lowest BCUT2D eigenvalue weighted by Gasteiger charge is -2.22. The molecule has 0 bridgehead atoms. The number of hydrogen-bond donors (Lipinski definition) is 2. The average Bonchev–Trinajstić information content (AvgIpc) is 3.23. The second kappa shape index (κ2) is 8.16. The van der Waals surface area contributed by atoms with Crippen LogP contribution in [0, 0.1) is 19.8 Å². The van der Waals surface area contributed by atoms with Crippen LogP contribution in [0.1, 0.15) is 41.8 Å². The zero-order valence-corrected chi connectivity index (χ0v) is 14.7. The summed E-state index contributed by atoms with van der Waals surface area (Å²) in [5, 5.41) is 5.90. The van der Waals surface area contributed by atoms with Gasteiger partial charge < -0.3 is 19.8 Å². The van der Waals surface area contributed by atoms with Gasteiger partial charge in [-0.15, -0.1) is 0 Å². The van der Waals surface area contributed by atoms with Gasteiger partial charge in [0.15, 0.2) is 0 Å². The van der Waals surface area contributed by atoms with Crippen molar-refractivity contribution in [1.82, 2.24) is 15.6 Å². The number of rotatable bonds is 6. The van der Waals surface area contributed by atoms with E-state index in [0.717, 1.165) is 43.1 Å². The summed E-state index contributed by atoms with van der Waals surface area (Å²) in [5.41, 5.74) is 1.95. The van der Waals surface area contributed by atoms with E-state index in [-0.39, 0.29) is 18.6 Å². The molecule has 25 heavy (non-hydrogen) atoms. The normalized spacial score (nSPS) is 18.1. The van der Waals surface area contributed by atoms with Crippen molar-refractivity contribution in [3.63, 3.8) is 0 Å². The van der Waals surface area contributed by atoms with Crippen molar-refractivity contribution in [3.8, 4) is 0 Å². The van der Waals surface area contributed by atoms with E-state index in [1.807, 2.05) is 44.2 Å². The predicted octanol–water partition coefficient (Wildman–Crippen LogP) is 3.26. The summed E-state index contributed by atoms with van der Waals surface area (Å²) in [6.45, 7) is 5.59. The smallest absolute Gasteiger partial charge is 0.315 e. The highest BCUT2D eigenvalue weighted by atomic mass is 16.5. The van der Waals surface area contributed by atoms with E-state index in [2.05, 4.69) is 15.6 Å². The van der Waals surface area contributed by atoms with E-state index < -0.39 is 0 Å². The highest BCUT2D eigenvalue weighted by molar-refractivity contribution is 5.74. The van der Waals surface area contributed by atoms with Crippen LogP contribution in [0.3, 0.4) is 0 Å². The van der Waals surface area contributed by atoms with Gasteiger partial charge in [0.2, 0.25) is 5.89 Å². The fourth-order valence-corrected chi connectivity index (χ4v) is 3.05. The van der Waals surface area contributed by atoms with Crippen LogP contribution >= 0.6 is 0 Å². The number of hydrogen-bond acceptors (Lipinski definition) is 4. The highest BCUT2D eigenvalue weighted by Gasteiger charge is 2.23. The van der Waals surface area contributed by atoms with E-state index >= 15 is 0 Å². The zero-order chi connectivity index (χ0) is 17.6. The Hall–Kier alpha value is -2.34. The molecule has 6 nitrogen and oxygen atoms in total. The lowest BCUT2D eigenvalue weighted by Crippen LogP contribution is -2.38. The third-order valence-electron chi connectivity index (χ3n) is 4.57. The Morgan fingerprint density at radius 3 is 2.76 bits per heavy atom. The van der Waals surface area contributed by atoms with Gasteiger partial charge in [0.1, 0.15) is 5.76 Å². The fourth-order valence-electron chi connectivity index (χ4n) is 3.05. The molecule has 2 heterocycles. The SMILES string of the molecule is Cc1nc(CNC(=O)N[C@H](C[C@H]2CCOC2)c2ccccc2)oc1C. The second-order valence-corrected chi connectivity index (χ2v) is 6.50. The molecule has 1 aliphatic heterocycles. The molecular formula is C19H25N3O3. The molecule has 0 unspecified atom stereocenters. The maximum Gasteiger partial charge on any atom is 0.315 e. The van der Waals surface area contributed by atoms with E-state index in [1.54, 1.807) is 0 Å². The largest absolute Gasteiger partial charge is 0.444 e. The first-order valence-electron chi connectivity index (χ1n) is 8.72. The van der Waals surface area contributed by atoms with Crippen molar-refractivity contribution in [2.45, 2.75) is 39.3 Å². The lowest BCUT2D eigenvalue weighted by molar-refractivity contribution is 0.181. The molecule has 1 aromatic heterocycles.